The molecule has 1 aliphatic rings. The van der Waals surface area contributed by atoms with Crippen molar-refractivity contribution in [2.75, 3.05) is 13.1 Å². The minimum Gasteiger partial charge on any atom is -0.470 e. The molecule has 3 rings (SSSR count). The third-order valence-electron chi connectivity index (χ3n) is 3.82. The number of carbonyl (C=O) groups excluding carboxylic acids is 1. The number of ether oxygens (including phenoxy) is 1. The lowest BCUT2D eigenvalue weighted by Crippen LogP contribution is -2.29. The Labute approximate surface area is 150 Å². The SMILES string of the molecule is N#Cc1nccnc1OC1CCN(C(=O)C=Cc2ccccc2Cl)C1. The van der Waals surface area contributed by atoms with Crippen molar-refractivity contribution >= 4 is 23.6 Å². The van der Waals surface area contributed by atoms with Crippen LogP contribution in [0.15, 0.2) is 42.7 Å². The molecule has 0 aliphatic carbocycles. The van der Waals surface area contributed by atoms with Gasteiger partial charge in [0.2, 0.25) is 11.6 Å². The van der Waals surface area contributed by atoms with E-state index in [-0.39, 0.29) is 23.6 Å². The number of hydrogen-bond acceptors (Lipinski definition) is 5. The van der Waals surface area contributed by atoms with Gasteiger partial charge in [-0.05, 0) is 17.7 Å². The predicted octanol–water partition coefficient (Wildman–Crippen LogP) is 2.69. The van der Waals surface area contributed by atoms with E-state index in [0.29, 0.717) is 24.5 Å². The molecule has 25 heavy (non-hydrogen) atoms. The first kappa shape index (κ1) is 16.9. The lowest BCUT2D eigenvalue weighted by atomic mass is 10.2. The molecular weight excluding hydrogens is 340 g/mol. The number of nitriles is 1. The largest absolute Gasteiger partial charge is 0.470 e. The Morgan fingerprint density at radius 1 is 1.36 bits per heavy atom. The summed E-state index contributed by atoms with van der Waals surface area (Å²) in [5, 5.41) is 9.61. The van der Waals surface area contributed by atoms with Crippen molar-refractivity contribution < 1.29 is 9.53 Å². The van der Waals surface area contributed by atoms with Gasteiger partial charge in [0.25, 0.3) is 5.88 Å². The van der Waals surface area contributed by atoms with Gasteiger partial charge in [-0.3, -0.25) is 4.79 Å². The molecule has 126 valence electrons. The summed E-state index contributed by atoms with van der Waals surface area (Å²) < 4.78 is 5.72. The molecule has 2 aromatic rings. The Kier molecular flexibility index (Phi) is 5.26. The minimum absolute atomic E-state index is 0.106. The molecule has 1 unspecified atom stereocenters. The van der Waals surface area contributed by atoms with E-state index in [1.54, 1.807) is 17.0 Å². The van der Waals surface area contributed by atoms with Crippen LogP contribution in [0.3, 0.4) is 0 Å². The molecule has 1 aliphatic heterocycles. The fraction of sp³-hybridized carbons (Fsp3) is 0.222. The highest BCUT2D eigenvalue weighted by Crippen LogP contribution is 2.20. The number of benzene rings is 1. The van der Waals surface area contributed by atoms with E-state index in [1.165, 1.54) is 18.5 Å². The maximum atomic E-state index is 12.3. The average Bonchev–Trinajstić information content (AvgIpc) is 3.10. The van der Waals surface area contributed by atoms with Gasteiger partial charge in [-0.2, -0.15) is 5.26 Å². The summed E-state index contributed by atoms with van der Waals surface area (Å²) in [6, 6.07) is 9.27. The monoisotopic (exact) mass is 354 g/mol. The van der Waals surface area contributed by atoms with Crippen molar-refractivity contribution in [2.24, 2.45) is 0 Å². The zero-order chi connectivity index (χ0) is 17.6. The van der Waals surface area contributed by atoms with Crippen LogP contribution < -0.4 is 4.74 Å². The molecule has 1 aromatic carbocycles. The van der Waals surface area contributed by atoms with Crippen molar-refractivity contribution in [3.63, 3.8) is 0 Å². The predicted molar refractivity (Wildman–Crippen MR) is 92.8 cm³/mol. The Bertz CT molecular complexity index is 847. The summed E-state index contributed by atoms with van der Waals surface area (Å²) in [5.74, 6) is 0.0987. The molecule has 1 amide bonds. The Morgan fingerprint density at radius 2 is 2.16 bits per heavy atom. The Morgan fingerprint density at radius 3 is 2.96 bits per heavy atom. The molecule has 6 nitrogen and oxygen atoms in total. The summed E-state index contributed by atoms with van der Waals surface area (Å²) in [7, 11) is 0. The summed E-state index contributed by atoms with van der Waals surface area (Å²) in [4.78, 5) is 21.9. The second-order valence-corrected chi connectivity index (χ2v) is 5.90. The minimum atomic E-state index is -0.207. The molecule has 1 atom stereocenters. The van der Waals surface area contributed by atoms with Crippen LogP contribution in [0.1, 0.15) is 17.7 Å². The fourth-order valence-corrected chi connectivity index (χ4v) is 2.75. The molecule has 0 N–H and O–H groups in total. The first-order valence-corrected chi connectivity index (χ1v) is 8.14. The van der Waals surface area contributed by atoms with Crippen molar-refractivity contribution in [1.82, 2.24) is 14.9 Å². The Hall–Kier alpha value is -2.91. The molecule has 0 saturated carbocycles. The highest BCUT2D eigenvalue weighted by Gasteiger charge is 2.27. The molecular formula is C18H15ClN4O2. The lowest BCUT2D eigenvalue weighted by molar-refractivity contribution is -0.125. The van der Waals surface area contributed by atoms with Crippen molar-refractivity contribution in [3.05, 3.63) is 59.0 Å². The lowest BCUT2D eigenvalue weighted by Gasteiger charge is -2.15. The van der Waals surface area contributed by atoms with Crippen LogP contribution in [0.2, 0.25) is 5.02 Å². The quantitative estimate of drug-likeness (QED) is 0.789. The van der Waals surface area contributed by atoms with Gasteiger partial charge < -0.3 is 9.64 Å². The van der Waals surface area contributed by atoms with Gasteiger partial charge in [0, 0.05) is 36.5 Å². The summed E-state index contributed by atoms with van der Waals surface area (Å²) >= 11 is 6.07. The van der Waals surface area contributed by atoms with E-state index < -0.39 is 0 Å². The molecule has 0 radical (unpaired) electrons. The second kappa shape index (κ2) is 7.77. The van der Waals surface area contributed by atoms with Gasteiger partial charge in [0.15, 0.2) is 0 Å². The average molecular weight is 355 g/mol. The number of halogens is 1. The van der Waals surface area contributed by atoms with Crippen LogP contribution in [0.4, 0.5) is 0 Å². The molecule has 2 heterocycles. The number of nitrogens with zero attached hydrogens (tertiary/aromatic N) is 4. The normalized spacial score (nSPS) is 16.8. The van der Waals surface area contributed by atoms with Crippen LogP contribution in [0.25, 0.3) is 6.08 Å². The van der Waals surface area contributed by atoms with E-state index in [0.717, 1.165) is 5.56 Å². The maximum absolute atomic E-state index is 12.3. The van der Waals surface area contributed by atoms with Crippen LogP contribution >= 0.6 is 11.6 Å². The van der Waals surface area contributed by atoms with E-state index in [4.69, 9.17) is 21.6 Å². The third kappa shape index (κ3) is 4.14. The maximum Gasteiger partial charge on any atom is 0.251 e. The van der Waals surface area contributed by atoms with E-state index in [1.807, 2.05) is 24.3 Å². The highest BCUT2D eigenvalue weighted by molar-refractivity contribution is 6.32. The van der Waals surface area contributed by atoms with Crippen LogP contribution in [-0.2, 0) is 4.79 Å². The number of aromatic nitrogens is 2. The zero-order valence-electron chi connectivity index (χ0n) is 13.3. The van der Waals surface area contributed by atoms with Gasteiger partial charge in [-0.1, -0.05) is 29.8 Å². The van der Waals surface area contributed by atoms with E-state index in [9.17, 15) is 4.79 Å². The van der Waals surface area contributed by atoms with E-state index >= 15 is 0 Å². The third-order valence-corrected chi connectivity index (χ3v) is 4.16. The zero-order valence-corrected chi connectivity index (χ0v) is 14.1. The van der Waals surface area contributed by atoms with Gasteiger partial charge in [0.1, 0.15) is 12.2 Å². The summed E-state index contributed by atoms with van der Waals surface area (Å²) in [6.07, 6.45) is 6.59. The number of rotatable bonds is 4. The first-order chi connectivity index (χ1) is 12.2. The first-order valence-electron chi connectivity index (χ1n) is 7.76. The van der Waals surface area contributed by atoms with Crippen LogP contribution in [-0.4, -0.2) is 40.0 Å². The smallest absolute Gasteiger partial charge is 0.251 e. The molecule has 7 heteroatoms. The highest BCUT2D eigenvalue weighted by atomic mass is 35.5. The summed E-state index contributed by atoms with van der Waals surface area (Å²) in [6.45, 7) is 1.02. The molecule has 0 bridgehead atoms. The topological polar surface area (TPSA) is 79.1 Å². The standard InChI is InChI=1S/C18H15ClN4O2/c19-15-4-2-1-3-13(15)5-6-17(24)23-10-7-14(12-23)25-18-16(11-20)21-8-9-22-18/h1-6,8-9,14H,7,10,12H2. The van der Waals surface area contributed by atoms with E-state index in [2.05, 4.69) is 9.97 Å². The van der Waals surface area contributed by atoms with Crippen LogP contribution in [0, 0.1) is 11.3 Å². The summed E-state index contributed by atoms with van der Waals surface area (Å²) in [5.41, 5.74) is 0.939. The molecule has 1 aromatic heterocycles. The van der Waals surface area contributed by atoms with Crippen molar-refractivity contribution in [1.29, 1.82) is 5.26 Å². The fourth-order valence-electron chi connectivity index (χ4n) is 2.55. The number of amides is 1. The number of hydrogen-bond donors (Lipinski definition) is 0. The van der Waals surface area contributed by atoms with Gasteiger partial charge >= 0.3 is 0 Å². The molecule has 1 saturated heterocycles. The van der Waals surface area contributed by atoms with Crippen LogP contribution in [0.5, 0.6) is 5.88 Å². The number of likely N-dealkylation sites (tertiary alicyclic amines) is 1. The van der Waals surface area contributed by atoms with Gasteiger partial charge in [0.05, 0.1) is 6.54 Å². The Balaban J connectivity index is 1.60. The molecule has 1 fully saturated rings. The van der Waals surface area contributed by atoms with Gasteiger partial charge in [-0.15, -0.1) is 0 Å². The molecule has 0 spiro atoms. The van der Waals surface area contributed by atoms with Crippen molar-refractivity contribution in [2.45, 2.75) is 12.5 Å². The number of carbonyl (C=O) groups is 1. The second-order valence-electron chi connectivity index (χ2n) is 5.49. The van der Waals surface area contributed by atoms with Crippen molar-refractivity contribution in [3.8, 4) is 11.9 Å². The van der Waals surface area contributed by atoms with Gasteiger partial charge in [-0.25, -0.2) is 9.97 Å².